The Hall–Kier alpha value is -0.950. The lowest BCUT2D eigenvalue weighted by molar-refractivity contribution is 0.199. The highest BCUT2D eigenvalue weighted by atomic mass is 79.9. The maximum absolute atomic E-state index is 14.0. The number of nitrogens with one attached hydrogen (secondary N) is 1. The third-order valence-corrected chi connectivity index (χ3v) is 4.50. The zero-order chi connectivity index (χ0) is 15.1. The highest BCUT2D eigenvalue weighted by molar-refractivity contribution is 9.10. The van der Waals surface area contributed by atoms with E-state index in [9.17, 15) is 4.39 Å². The van der Waals surface area contributed by atoms with Gasteiger partial charge in [-0.05, 0) is 28.1 Å². The van der Waals surface area contributed by atoms with Crippen molar-refractivity contribution in [2.24, 2.45) is 0 Å². The van der Waals surface area contributed by atoms with E-state index in [4.69, 9.17) is 9.47 Å². The molecule has 0 saturated carbocycles. The third-order valence-electron chi connectivity index (χ3n) is 2.83. The number of benzene rings is 1. The molecule has 0 radical (unpaired) electrons. The summed E-state index contributed by atoms with van der Waals surface area (Å²) in [6, 6.07) is 6.94. The van der Waals surface area contributed by atoms with Gasteiger partial charge in [0.15, 0.2) is 11.6 Å². The Bertz CT molecular complexity index is 577. The maximum atomic E-state index is 14.0. The van der Waals surface area contributed by atoms with Crippen molar-refractivity contribution < 1.29 is 13.9 Å². The van der Waals surface area contributed by atoms with Gasteiger partial charge in [-0.3, -0.25) is 0 Å². The zero-order valence-electron chi connectivity index (χ0n) is 11.7. The molecular formula is C15H17BrFNO2S. The van der Waals surface area contributed by atoms with E-state index in [1.165, 1.54) is 6.07 Å². The summed E-state index contributed by atoms with van der Waals surface area (Å²) in [7, 11) is 1.65. The molecule has 21 heavy (non-hydrogen) atoms. The van der Waals surface area contributed by atoms with E-state index >= 15 is 0 Å². The SMILES string of the molecule is COCCNCc1cccc(F)c1OCc1cc(Br)cs1. The van der Waals surface area contributed by atoms with Crippen molar-refractivity contribution in [3.8, 4) is 5.75 Å². The van der Waals surface area contributed by atoms with Crippen molar-refractivity contribution >= 4 is 27.3 Å². The van der Waals surface area contributed by atoms with Crippen LogP contribution in [-0.4, -0.2) is 20.3 Å². The van der Waals surface area contributed by atoms with Gasteiger partial charge in [0, 0.05) is 40.5 Å². The highest BCUT2D eigenvalue weighted by Crippen LogP contribution is 2.26. The van der Waals surface area contributed by atoms with Crippen molar-refractivity contribution in [1.82, 2.24) is 5.32 Å². The number of para-hydroxylation sites is 1. The minimum Gasteiger partial charge on any atom is -0.485 e. The first-order chi connectivity index (χ1) is 10.2. The van der Waals surface area contributed by atoms with Gasteiger partial charge in [-0.15, -0.1) is 11.3 Å². The van der Waals surface area contributed by atoms with Crippen molar-refractivity contribution in [3.63, 3.8) is 0 Å². The van der Waals surface area contributed by atoms with Gasteiger partial charge in [0.25, 0.3) is 0 Å². The van der Waals surface area contributed by atoms with Crippen LogP contribution in [0.3, 0.4) is 0 Å². The molecule has 0 spiro atoms. The monoisotopic (exact) mass is 373 g/mol. The molecule has 1 N–H and O–H groups in total. The number of rotatable bonds is 8. The van der Waals surface area contributed by atoms with Crippen LogP contribution in [-0.2, 0) is 17.9 Å². The number of hydrogen-bond donors (Lipinski definition) is 1. The second-order valence-electron chi connectivity index (χ2n) is 4.42. The molecule has 0 atom stereocenters. The van der Waals surface area contributed by atoms with Gasteiger partial charge in [0.2, 0.25) is 0 Å². The summed E-state index contributed by atoms with van der Waals surface area (Å²) >= 11 is 4.97. The Labute approximate surface area is 136 Å². The predicted molar refractivity (Wildman–Crippen MR) is 86.3 cm³/mol. The lowest BCUT2D eigenvalue weighted by Gasteiger charge is -2.12. The molecule has 3 nitrogen and oxygen atoms in total. The van der Waals surface area contributed by atoms with Crippen LogP contribution in [0.15, 0.2) is 34.1 Å². The highest BCUT2D eigenvalue weighted by Gasteiger charge is 2.10. The molecule has 0 bridgehead atoms. The summed E-state index contributed by atoms with van der Waals surface area (Å²) in [5.74, 6) is -0.0244. The fraction of sp³-hybridized carbons (Fsp3) is 0.333. The van der Waals surface area contributed by atoms with Crippen LogP contribution < -0.4 is 10.1 Å². The van der Waals surface area contributed by atoms with E-state index in [-0.39, 0.29) is 5.82 Å². The van der Waals surface area contributed by atoms with Gasteiger partial charge >= 0.3 is 0 Å². The fourth-order valence-electron chi connectivity index (χ4n) is 1.82. The summed E-state index contributed by atoms with van der Waals surface area (Å²) in [6.07, 6.45) is 0. The normalized spacial score (nSPS) is 10.8. The fourth-order valence-corrected chi connectivity index (χ4v) is 3.19. The summed E-state index contributed by atoms with van der Waals surface area (Å²) < 4.78 is 25.6. The molecule has 1 aromatic carbocycles. The van der Waals surface area contributed by atoms with E-state index in [2.05, 4.69) is 21.2 Å². The zero-order valence-corrected chi connectivity index (χ0v) is 14.1. The van der Waals surface area contributed by atoms with E-state index in [1.54, 1.807) is 24.5 Å². The first-order valence-electron chi connectivity index (χ1n) is 6.53. The average molecular weight is 374 g/mol. The molecule has 0 fully saturated rings. The van der Waals surface area contributed by atoms with E-state index in [0.717, 1.165) is 14.9 Å². The summed E-state index contributed by atoms with van der Waals surface area (Å²) in [4.78, 5) is 1.04. The molecule has 114 valence electrons. The van der Waals surface area contributed by atoms with E-state index in [1.807, 2.05) is 17.5 Å². The van der Waals surface area contributed by atoms with Crippen LogP contribution in [0.1, 0.15) is 10.4 Å². The van der Waals surface area contributed by atoms with Gasteiger partial charge < -0.3 is 14.8 Å². The molecule has 1 aromatic heterocycles. The van der Waals surface area contributed by atoms with Gasteiger partial charge in [-0.2, -0.15) is 0 Å². The molecule has 1 heterocycles. The predicted octanol–water partition coefficient (Wildman–Crippen LogP) is 3.96. The van der Waals surface area contributed by atoms with Crippen molar-refractivity contribution in [2.75, 3.05) is 20.3 Å². The molecule has 0 saturated heterocycles. The van der Waals surface area contributed by atoms with Crippen molar-refractivity contribution in [1.29, 1.82) is 0 Å². The second kappa shape index (κ2) is 8.48. The van der Waals surface area contributed by atoms with Gasteiger partial charge in [0.05, 0.1) is 6.61 Å². The summed E-state index contributed by atoms with van der Waals surface area (Å²) in [5.41, 5.74) is 0.807. The number of methoxy groups -OCH3 is 1. The van der Waals surface area contributed by atoms with Crippen LogP contribution >= 0.6 is 27.3 Å². The Balaban J connectivity index is 1.99. The van der Waals surface area contributed by atoms with Crippen molar-refractivity contribution in [3.05, 3.63) is 50.4 Å². The Morgan fingerprint density at radius 3 is 2.95 bits per heavy atom. The molecule has 2 rings (SSSR count). The van der Waals surface area contributed by atoms with Gasteiger partial charge in [0.1, 0.15) is 6.61 Å². The van der Waals surface area contributed by atoms with E-state index < -0.39 is 0 Å². The molecule has 0 amide bonds. The van der Waals surface area contributed by atoms with Gasteiger partial charge in [-0.25, -0.2) is 4.39 Å². The Kier molecular flexibility index (Phi) is 6.63. The lowest BCUT2D eigenvalue weighted by atomic mass is 10.2. The smallest absolute Gasteiger partial charge is 0.165 e. The average Bonchev–Trinajstić information content (AvgIpc) is 2.88. The Morgan fingerprint density at radius 2 is 2.24 bits per heavy atom. The lowest BCUT2D eigenvalue weighted by Crippen LogP contribution is -2.19. The minimum absolute atomic E-state index is 0.312. The minimum atomic E-state index is -0.336. The maximum Gasteiger partial charge on any atom is 0.165 e. The number of ether oxygens (including phenoxy) is 2. The topological polar surface area (TPSA) is 30.5 Å². The molecule has 0 aliphatic carbocycles. The molecule has 6 heteroatoms. The Morgan fingerprint density at radius 1 is 1.38 bits per heavy atom. The van der Waals surface area contributed by atoms with Crippen molar-refractivity contribution in [2.45, 2.75) is 13.2 Å². The number of thiophene rings is 1. The molecule has 2 aromatic rings. The second-order valence-corrected chi connectivity index (χ2v) is 6.33. The first kappa shape index (κ1) is 16.4. The van der Waals surface area contributed by atoms with Crippen LogP contribution in [0.5, 0.6) is 5.75 Å². The number of hydrogen-bond acceptors (Lipinski definition) is 4. The third kappa shape index (κ3) is 5.07. The van der Waals surface area contributed by atoms with Crippen LogP contribution in [0.2, 0.25) is 0 Å². The first-order valence-corrected chi connectivity index (χ1v) is 8.20. The standard InChI is InChI=1S/C15H17BrFNO2S/c1-19-6-5-18-8-11-3-2-4-14(17)15(11)20-9-13-7-12(16)10-21-13/h2-4,7,10,18H,5-6,8-9H2,1H3. The van der Waals surface area contributed by atoms with E-state index in [0.29, 0.717) is 32.1 Å². The summed E-state index contributed by atoms with van der Waals surface area (Å²) in [5, 5.41) is 5.18. The van der Waals surface area contributed by atoms with Gasteiger partial charge in [-0.1, -0.05) is 12.1 Å². The molecular weight excluding hydrogens is 357 g/mol. The quantitative estimate of drug-likeness (QED) is 0.710. The molecule has 0 aliphatic heterocycles. The molecule has 0 aliphatic rings. The largest absolute Gasteiger partial charge is 0.485 e. The summed E-state index contributed by atoms with van der Waals surface area (Å²) in [6.45, 7) is 2.24. The molecule has 0 unspecified atom stereocenters. The van der Waals surface area contributed by atoms with Crippen LogP contribution in [0, 0.1) is 5.82 Å². The van der Waals surface area contributed by atoms with Crippen LogP contribution in [0.4, 0.5) is 4.39 Å². The number of halogens is 2. The van der Waals surface area contributed by atoms with Crippen LogP contribution in [0.25, 0.3) is 0 Å².